The molecule has 0 spiro atoms. The molecule has 1 atom stereocenters. The Balaban J connectivity index is 0.00000171. The summed E-state index contributed by atoms with van der Waals surface area (Å²) in [5, 5.41) is 2.90. The van der Waals surface area contributed by atoms with E-state index in [0.717, 1.165) is 49.8 Å². The Labute approximate surface area is 196 Å². The molecular weight excluding hydrogens is 437 g/mol. The summed E-state index contributed by atoms with van der Waals surface area (Å²) >= 11 is 0. The number of methoxy groups -OCH3 is 1. The summed E-state index contributed by atoms with van der Waals surface area (Å²) in [7, 11) is 1.66. The minimum atomic E-state index is 0. The van der Waals surface area contributed by atoms with Gasteiger partial charge in [-0.15, -0.1) is 24.8 Å². The van der Waals surface area contributed by atoms with Crippen molar-refractivity contribution in [2.75, 3.05) is 57.9 Å². The fourth-order valence-corrected chi connectivity index (χ4v) is 4.05. The van der Waals surface area contributed by atoms with Gasteiger partial charge in [0, 0.05) is 57.3 Å². The largest absolute Gasteiger partial charge is 0.493 e. The van der Waals surface area contributed by atoms with Crippen LogP contribution in [0.1, 0.15) is 17.9 Å². The quantitative estimate of drug-likeness (QED) is 0.676. The van der Waals surface area contributed by atoms with Crippen LogP contribution in [-0.2, 0) is 4.79 Å². The third-order valence-electron chi connectivity index (χ3n) is 5.80. The van der Waals surface area contributed by atoms with Crippen molar-refractivity contribution in [3.05, 3.63) is 54.1 Å². The van der Waals surface area contributed by atoms with E-state index in [-0.39, 0.29) is 36.6 Å². The van der Waals surface area contributed by atoms with Gasteiger partial charge in [-0.2, -0.15) is 0 Å². The van der Waals surface area contributed by atoms with Crippen molar-refractivity contribution >= 4 is 36.4 Å². The number of benzene rings is 2. The van der Waals surface area contributed by atoms with E-state index in [2.05, 4.69) is 45.4 Å². The number of nitrogens with one attached hydrogen (secondary N) is 1. The van der Waals surface area contributed by atoms with Crippen LogP contribution in [0.2, 0.25) is 0 Å². The van der Waals surface area contributed by atoms with Crippen molar-refractivity contribution in [2.45, 2.75) is 12.3 Å². The van der Waals surface area contributed by atoms with Crippen molar-refractivity contribution in [1.29, 1.82) is 0 Å². The predicted octanol–water partition coefficient (Wildman–Crippen LogP) is 3.34. The number of para-hydroxylation sites is 1. The minimum Gasteiger partial charge on any atom is -0.493 e. The van der Waals surface area contributed by atoms with E-state index >= 15 is 0 Å². The fraction of sp³-hybridized carbons (Fsp3) is 0.435. The van der Waals surface area contributed by atoms with Gasteiger partial charge in [0.05, 0.1) is 7.11 Å². The second-order valence-corrected chi connectivity index (χ2v) is 7.63. The minimum absolute atomic E-state index is 0. The molecular formula is C23H31Cl2N3O3. The normalized spacial score (nSPS) is 18.5. The lowest BCUT2D eigenvalue weighted by atomic mass is 9.98. The van der Waals surface area contributed by atoms with Crippen molar-refractivity contribution in [3.63, 3.8) is 0 Å². The fourth-order valence-electron chi connectivity index (χ4n) is 4.05. The number of hydrogen-bond donors (Lipinski definition) is 1. The monoisotopic (exact) mass is 467 g/mol. The lowest BCUT2D eigenvalue weighted by molar-refractivity contribution is -0.119. The van der Waals surface area contributed by atoms with Gasteiger partial charge >= 0.3 is 0 Å². The third-order valence-corrected chi connectivity index (χ3v) is 5.80. The summed E-state index contributed by atoms with van der Waals surface area (Å²) in [6.45, 7) is 6.33. The van der Waals surface area contributed by atoms with E-state index in [1.807, 2.05) is 18.2 Å². The number of nitrogens with zero attached hydrogens (tertiary/aromatic N) is 2. The first-order valence-electron chi connectivity index (χ1n) is 10.3. The highest BCUT2D eigenvalue weighted by molar-refractivity contribution is 5.85. The Morgan fingerprint density at radius 1 is 1.00 bits per heavy atom. The van der Waals surface area contributed by atoms with E-state index in [9.17, 15) is 4.79 Å². The smallest absolute Gasteiger partial charge is 0.220 e. The van der Waals surface area contributed by atoms with Gasteiger partial charge in [-0.3, -0.25) is 9.69 Å². The molecule has 0 saturated carbocycles. The topological polar surface area (TPSA) is 54.0 Å². The molecule has 2 heterocycles. The maximum Gasteiger partial charge on any atom is 0.220 e. The van der Waals surface area contributed by atoms with Crippen LogP contribution in [0.25, 0.3) is 0 Å². The number of ether oxygens (including phenoxy) is 2. The van der Waals surface area contributed by atoms with Gasteiger partial charge in [0.25, 0.3) is 0 Å². The van der Waals surface area contributed by atoms with E-state index < -0.39 is 0 Å². The molecule has 2 saturated heterocycles. The molecule has 0 aliphatic carbocycles. The Hall–Kier alpha value is -2.15. The molecule has 4 rings (SSSR count). The lowest BCUT2D eigenvalue weighted by Gasteiger charge is -2.36. The highest BCUT2D eigenvalue weighted by atomic mass is 35.5. The Morgan fingerprint density at radius 3 is 2.39 bits per heavy atom. The molecule has 2 aromatic carbocycles. The number of piperazine rings is 1. The summed E-state index contributed by atoms with van der Waals surface area (Å²) < 4.78 is 11.5. The van der Waals surface area contributed by atoms with E-state index in [4.69, 9.17) is 9.47 Å². The van der Waals surface area contributed by atoms with E-state index in [0.29, 0.717) is 19.6 Å². The summed E-state index contributed by atoms with van der Waals surface area (Å²) in [5.74, 6) is 1.82. The second kappa shape index (κ2) is 12.0. The molecule has 2 aromatic rings. The molecule has 0 radical (unpaired) electrons. The maximum atomic E-state index is 11.5. The Kier molecular flexibility index (Phi) is 9.75. The molecule has 1 amide bonds. The molecule has 0 bridgehead atoms. The van der Waals surface area contributed by atoms with Crippen LogP contribution in [0.15, 0.2) is 48.5 Å². The predicted molar refractivity (Wildman–Crippen MR) is 128 cm³/mol. The zero-order valence-corrected chi connectivity index (χ0v) is 19.4. The molecule has 170 valence electrons. The summed E-state index contributed by atoms with van der Waals surface area (Å²) in [5.41, 5.74) is 2.42. The van der Waals surface area contributed by atoms with Gasteiger partial charge < -0.3 is 19.7 Å². The van der Waals surface area contributed by atoms with Crippen molar-refractivity contribution in [2.24, 2.45) is 0 Å². The standard InChI is InChI=1S/C23H29N3O3.2ClH/c1-28-21-8-7-18(19-16-23(27)24-17-19)15-22(21)29-14-13-25-9-11-26(12-10-25)20-5-3-2-4-6-20;;/h2-8,15,19H,9-14,16-17H2,1H3,(H,24,27);2*1H. The molecule has 0 aromatic heterocycles. The molecule has 1 unspecified atom stereocenters. The van der Waals surface area contributed by atoms with Crippen molar-refractivity contribution in [3.8, 4) is 11.5 Å². The highest BCUT2D eigenvalue weighted by Gasteiger charge is 2.24. The van der Waals surface area contributed by atoms with Crippen molar-refractivity contribution in [1.82, 2.24) is 10.2 Å². The number of halogens is 2. The molecule has 1 N–H and O–H groups in total. The van der Waals surface area contributed by atoms with Crippen LogP contribution in [0.4, 0.5) is 5.69 Å². The van der Waals surface area contributed by atoms with Gasteiger partial charge in [0.2, 0.25) is 5.91 Å². The van der Waals surface area contributed by atoms with Gasteiger partial charge in [-0.1, -0.05) is 24.3 Å². The molecule has 2 fully saturated rings. The zero-order chi connectivity index (χ0) is 20.1. The average molecular weight is 468 g/mol. The Morgan fingerprint density at radius 2 is 1.74 bits per heavy atom. The second-order valence-electron chi connectivity index (χ2n) is 7.63. The van der Waals surface area contributed by atoms with Crippen molar-refractivity contribution < 1.29 is 14.3 Å². The lowest BCUT2D eigenvalue weighted by Crippen LogP contribution is -2.47. The molecule has 2 aliphatic heterocycles. The van der Waals surface area contributed by atoms with Crippen LogP contribution in [0, 0.1) is 0 Å². The molecule has 8 heteroatoms. The zero-order valence-electron chi connectivity index (χ0n) is 17.8. The average Bonchev–Trinajstić information content (AvgIpc) is 3.21. The van der Waals surface area contributed by atoms with Crippen LogP contribution in [0.5, 0.6) is 11.5 Å². The third kappa shape index (κ3) is 6.42. The van der Waals surface area contributed by atoms with Gasteiger partial charge in [0.15, 0.2) is 11.5 Å². The van der Waals surface area contributed by atoms with Crippen LogP contribution in [0.3, 0.4) is 0 Å². The van der Waals surface area contributed by atoms with Gasteiger partial charge in [-0.25, -0.2) is 0 Å². The number of anilines is 1. The number of carbonyl (C=O) groups excluding carboxylic acids is 1. The molecule has 2 aliphatic rings. The summed E-state index contributed by atoms with van der Waals surface area (Å²) in [6, 6.07) is 16.6. The van der Waals surface area contributed by atoms with Crippen LogP contribution in [-0.4, -0.2) is 63.8 Å². The maximum absolute atomic E-state index is 11.5. The number of carbonyl (C=O) groups is 1. The summed E-state index contributed by atoms with van der Waals surface area (Å²) in [6.07, 6.45) is 0.539. The first kappa shape index (κ1) is 25.1. The molecule has 31 heavy (non-hydrogen) atoms. The number of hydrogen-bond acceptors (Lipinski definition) is 5. The number of rotatable bonds is 7. The van der Waals surface area contributed by atoms with Crippen LogP contribution < -0.4 is 19.7 Å². The SMILES string of the molecule is COc1ccc(C2CNC(=O)C2)cc1OCCN1CCN(c2ccccc2)CC1.Cl.Cl. The molecule has 6 nitrogen and oxygen atoms in total. The van der Waals surface area contributed by atoms with Gasteiger partial charge in [0.1, 0.15) is 6.61 Å². The first-order chi connectivity index (χ1) is 14.2. The van der Waals surface area contributed by atoms with Gasteiger partial charge in [-0.05, 0) is 29.8 Å². The van der Waals surface area contributed by atoms with Crippen LogP contribution >= 0.6 is 24.8 Å². The highest BCUT2D eigenvalue weighted by Crippen LogP contribution is 2.33. The van der Waals surface area contributed by atoms with E-state index in [1.165, 1.54) is 5.69 Å². The number of amides is 1. The summed E-state index contributed by atoms with van der Waals surface area (Å²) in [4.78, 5) is 16.4. The first-order valence-corrected chi connectivity index (χ1v) is 10.3. The Bertz CT molecular complexity index is 830. The van der Waals surface area contributed by atoms with E-state index in [1.54, 1.807) is 7.11 Å².